The summed E-state index contributed by atoms with van der Waals surface area (Å²) < 4.78 is 23.3. The Kier molecular flexibility index (Phi) is 30.3. The molecule has 0 bridgehead atoms. The highest BCUT2D eigenvalue weighted by molar-refractivity contribution is 5.87. The number of aryl methyl sites for hydroxylation is 2. The Labute approximate surface area is 450 Å². The Hall–Kier alpha value is -7.38. The molecular formula is C56H88FN11O8. The first-order valence-electron chi connectivity index (χ1n) is 25.0. The number of ether oxygens (including phenoxy) is 1. The Balaban J connectivity index is 0.000000846. The minimum atomic E-state index is -0.747. The molecular weight excluding hydrogens is 974 g/mol. The molecule has 0 atom stereocenters. The van der Waals surface area contributed by atoms with Gasteiger partial charge in [-0.05, 0) is 55.9 Å². The Morgan fingerprint density at radius 3 is 1.42 bits per heavy atom. The standard InChI is InChI=1S/C10H13FO.C7H12N2.2C7H11NO.C7H8O3.2C6H10N2O.C5H9N3.CH4/c1-6(2)8-5-4-7(3)10(12)9(8)11;2*1-5(2)7-8-4-6(3)9-7;1-5(2)7-4-6(3)9-8-7;1-3(2)4-5(8)7(10)6(4)9;2*1-4(2)6-7-5(3)9-8-6;1-4(2)5-6-3-7-8-5;/h4-6,12H,1-3H3;5H,3-4H2,1-2H3,(H,8,9);5H,3-4H2,1-2H3;4-5H,1-3H3;3,8H,1-2H3;2*4H,3H2,1-2H3,(H,7,8);3-4H,1-2H3,(H,6,7,8);1H4. The molecule has 76 heavy (non-hydrogen) atoms. The van der Waals surface area contributed by atoms with Gasteiger partial charge in [-0.15, -0.1) is 0 Å². The quantitative estimate of drug-likeness (QED) is 0.0898. The monoisotopic (exact) mass is 1060 g/mol. The molecule has 8 rings (SSSR count). The van der Waals surface area contributed by atoms with Gasteiger partial charge in [0.1, 0.15) is 47.7 Å². The molecule has 0 spiro atoms. The fourth-order valence-corrected chi connectivity index (χ4v) is 5.73. The highest BCUT2D eigenvalue weighted by atomic mass is 19.1. The summed E-state index contributed by atoms with van der Waals surface area (Å²) in [5.74, 6) is 8.66. The zero-order chi connectivity index (χ0) is 57.4. The van der Waals surface area contributed by atoms with E-state index in [4.69, 9.17) is 24.0 Å². The van der Waals surface area contributed by atoms with Crippen LogP contribution in [0.5, 0.6) is 11.5 Å². The minimum Gasteiger partial charge on any atom is -0.505 e. The largest absolute Gasteiger partial charge is 0.505 e. The van der Waals surface area contributed by atoms with Gasteiger partial charge >= 0.3 is 0 Å². The number of nitrogens with zero attached hydrogens (tertiary/aromatic N) is 7. The lowest BCUT2D eigenvalue weighted by molar-refractivity contribution is 0.176. The van der Waals surface area contributed by atoms with Crippen molar-refractivity contribution < 1.29 is 33.5 Å². The first kappa shape index (κ1) is 68.6. The van der Waals surface area contributed by atoms with Gasteiger partial charge in [0.15, 0.2) is 23.2 Å². The summed E-state index contributed by atoms with van der Waals surface area (Å²) in [6.07, 6.45) is 1.52. The molecule has 19 nitrogen and oxygen atoms in total. The van der Waals surface area contributed by atoms with Gasteiger partial charge in [0.05, 0.1) is 17.8 Å². The number of rotatable bonds is 8. The molecule has 0 saturated carbocycles. The molecule has 0 radical (unpaired) electrons. The zero-order valence-corrected chi connectivity index (χ0v) is 47.5. The maximum Gasteiger partial charge on any atom is 0.267 e. The predicted octanol–water partition coefficient (Wildman–Crippen LogP) is 11.6. The molecule has 6 N–H and O–H groups in total. The van der Waals surface area contributed by atoms with Gasteiger partial charge in [-0.1, -0.05) is 149 Å². The number of aliphatic imine (C=N–C) groups is 4. The second-order valence-electron chi connectivity index (χ2n) is 19.9. The number of phenolic OH excluding ortho intramolecular Hbond substituents is 1. The van der Waals surface area contributed by atoms with Crippen LogP contribution in [0.1, 0.15) is 176 Å². The number of halogens is 1. The third-order valence-electron chi connectivity index (χ3n) is 10.3. The third kappa shape index (κ3) is 23.9. The molecule has 0 saturated heterocycles. The van der Waals surface area contributed by atoms with Crippen LogP contribution in [0.25, 0.3) is 0 Å². The number of amidine groups is 3. The van der Waals surface area contributed by atoms with E-state index in [0.717, 1.165) is 58.7 Å². The molecule has 20 heteroatoms. The maximum absolute atomic E-state index is 13.3. The topological polar surface area (TPSA) is 255 Å². The predicted molar refractivity (Wildman–Crippen MR) is 305 cm³/mol. The van der Waals surface area contributed by atoms with Crippen molar-refractivity contribution in [1.29, 1.82) is 0 Å². The smallest absolute Gasteiger partial charge is 0.267 e. The van der Waals surface area contributed by atoms with Crippen molar-refractivity contribution in [3.63, 3.8) is 0 Å². The van der Waals surface area contributed by atoms with Crippen molar-refractivity contribution in [1.82, 2.24) is 36.6 Å². The van der Waals surface area contributed by atoms with Crippen LogP contribution in [-0.4, -0.2) is 67.0 Å². The van der Waals surface area contributed by atoms with E-state index in [0.29, 0.717) is 64.9 Å². The van der Waals surface area contributed by atoms with E-state index in [1.807, 2.05) is 54.5 Å². The van der Waals surface area contributed by atoms with Gasteiger partial charge in [-0.3, -0.25) is 19.7 Å². The van der Waals surface area contributed by atoms with Gasteiger partial charge in [-0.25, -0.2) is 25.3 Å². The van der Waals surface area contributed by atoms with Gasteiger partial charge in [0.2, 0.25) is 17.2 Å². The van der Waals surface area contributed by atoms with Crippen LogP contribution >= 0.6 is 0 Å². The zero-order valence-electron chi connectivity index (χ0n) is 47.5. The number of nitrogens with one attached hydrogen (secondary N) is 4. The summed E-state index contributed by atoms with van der Waals surface area (Å²) >= 11 is 0. The van der Waals surface area contributed by atoms with Crippen LogP contribution in [0.4, 0.5) is 4.39 Å². The summed E-state index contributed by atoms with van der Waals surface area (Å²) in [6, 6.07) is 5.41. The number of hydrogen-bond donors (Lipinski definition) is 6. The van der Waals surface area contributed by atoms with Crippen LogP contribution in [0.15, 0.2) is 108 Å². The molecule has 0 amide bonds. The van der Waals surface area contributed by atoms with Crippen molar-refractivity contribution in [3.05, 3.63) is 134 Å². The first-order valence-corrected chi connectivity index (χ1v) is 25.0. The summed E-state index contributed by atoms with van der Waals surface area (Å²) in [4.78, 5) is 50.9. The Morgan fingerprint density at radius 2 is 1.18 bits per heavy atom. The SMILES string of the molecule is C.C=C1CN=C(C(C)C)N1.C=C1CN=C(C(C)C)O1.C=C1N=C(C(C)C)NO1.C=C1N=C(C(C)C)NO1.CC(C)c1c(O)c(=O)c1=O.CC(C)c1ncn[nH]1.Cc1cc(C(C)C)no1.Cc1ccc(C(C)C)c(F)c1O. The highest BCUT2D eigenvalue weighted by Crippen LogP contribution is 2.28. The Bertz CT molecular complexity index is 2590. The number of phenols is 1. The lowest BCUT2D eigenvalue weighted by Crippen LogP contribution is -2.34. The molecule has 422 valence electrons. The molecule has 0 fully saturated rings. The summed E-state index contributed by atoms with van der Waals surface area (Å²) in [6.45, 7) is 51.5. The maximum atomic E-state index is 13.3. The number of hydrogen-bond acceptors (Lipinski definition) is 18. The van der Waals surface area contributed by atoms with E-state index in [1.54, 1.807) is 32.9 Å². The van der Waals surface area contributed by atoms with Crippen LogP contribution in [0, 0.1) is 43.3 Å². The van der Waals surface area contributed by atoms with Crippen molar-refractivity contribution >= 4 is 23.4 Å². The number of aromatic nitrogens is 4. The molecule has 4 aliphatic rings. The highest BCUT2D eigenvalue weighted by Gasteiger charge is 2.22. The molecule has 0 unspecified atom stereocenters. The molecule has 2 aromatic carbocycles. The normalized spacial score (nSPS) is 13.9. The van der Waals surface area contributed by atoms with Crippen LogP contribution in [0.2, 0.25) is 0 Å². The van der Waals surface area contributed by atoms with E-state index in [1.165, 1.54) is 6.33 Å². The van der Waals surface area contributed by atoms with E-state index >= 15 is 0 Å². The summed E-state index contributed by atoms with van der Waals surface area (Å²) in [5.41, 5.74) is 7.50. The first-order chi connectivity index (χ1) is 34.9. The summed E-state index contributed by atoms with van der Waals surface area (Å²) in [5, 5.41) is 31.5. The van der Waals surface area contributed by atoms with E-state index in [9.17, 15) is 19.1 Å². The van der Waals surface area contributed by atoms with Gasteiger partial charge in [0.25, 0.3) is 5.43 Å². The number of aromatic amines is 1. The number of H-pyrrole nitrogens is 1. The van der Waals surface area contributed by atoms with Crippen LogP contribution in [-0.2, 0) is 14.4 Å². The lowest BCUT2D eigenvalue weighted by Gasteiger charge is -2.09. The van der Waals surface area contributed by atoms with Crippen molar-refractivity contribution in [2.24, 2.45) is 43.6 Å². The second-order valence-corrected chi connectivity index (χ2v) is 19.9. The summed E-state index contributed by atoms with van der Waals surface area (Å²) in [7, 11) is 0. The number of benzene rings is 1. The fraction of sp³-hybridized carbons (Fsp3) is 0.518. The van der Waals surface area contributed by atoms with E-state index < -0.39 is 16.7 Å². The van der Waals surface area contributed by atoms with Gasteiger partial charge < -0.3 is 34.5 Å². The van der Waals surface area contributed by atoms with Gasteiger partial charge in [-0.2, -0.15) is 15.1 Å². The third-order valence-corrected chi connectivity index (χ3v) is 10.3. The van der Waals surface area contributed by atoms with Crippen LogP contribution in [0.3, 0.4) is 0 Å². The number of aromatic hydroxyl groups is 2. The van der Waals surface area contributed by atoms with Crippen molar-refractivity contribution in [2.75, 3.05) is 13.1 Å². The number of hydroxylamine groups is 2. The van der Waals surface area contributed by atoms with E-state index in [-0.39, 0.29) is 36.3 Å². The molecule has 6 heterocycles. The van der Waals surface area contributed by atoms with Crippen LogP contribution < -0.4 is 27.1 Å². The van der Waals surface area contributed by atoms with Crippen molar-refractivity contribution in [3.8, 4) is 11.5 Å². The van der Waals surface area contributed by atoms with Crippen molar-refractivity contribution in [2.45, 2.75) is 156 Å². The molecule has 2 aromatic heterocycles. The molecule has 4 aliphatic heterocycles. The average molecular weight is 1060 g/mol. The van der Waals surface area contributed by atoms with Gasteiger partial charge in [0, 0.05) is 41.4 Å². The second kappa shape index (κ2) is 33.5. The Morgan fingerprint density at radius 1 is 0.645 bits per heavy atom. The average Bonchev–Trinajstić information content (AvgIpc) is 4.20. The lowest BCUT2D eigenvalue weighted by atomic mass is 9.98. The fourth-order valence-electron chi connectivity index (χ4n) is 5.73. The molecule has 4 aromatic rings. The van der Waals surface area contributed by atoms with E-state index in [2.05, 4.69) is 138 Å². The minimum absolute atomic E-state index is 0. The molecule has 0 aliphatic carbocycles.